The van der Waals surface area contributed by atoms with E-state index in [9.17, 15) is 9.59 Å². The number of rotatable bonds is 13. The van der Waals surface area contributed by atoms with Gasteiger partial charge in [-0.2, -0.15) is 0 Å². The number of aliphatic carboxylic acids is 1. The lowest BCUT2D eigenvalue weighted by Gasteiger charge is -2.36. The molecule has 0 aromatic rings. The van der Waals surface area contributed by atoms with E-state index in [1.165, 1.54) is 31.7 Å². The van der Waals surface area contributed by atoms with Gasteiger partial charge in [-0.3, -0.25) is 9.59 Å². The molecule has 1 amide bonds. The van der Waals surface area contributed by atoms with Gasteiger partial charge in [-0.1, -0.05) is 38.9 Å². The van der Waals surface area contributed by atoms with E-state index in [1.54, 1.807) is 6.08 Å². The third-order valence-electron chi connectivity index (χ3n) is 4.30. The summed E-state index contributed by atoms with van der Waals surface area (Å²) in [7, 11) is -0.567. The maximum atomic E-state index is 11.6. The van der Waals surface area contributed by atoms with E-state index in [2.05, 4.69) is 43.0 Å². The van der Waals surface area contributed by atoms with Crippen molar-refractivity contribution in [2.24, 2.45) is 5.16 Å². The molecule has 0 saturated heterocycles. The van der Waals surface area contributed by atoms with E-state index in [1.807, 2.05) is 0 Å². The van der Waals surface area contributed by atoms with Crippen molar-refractivity contribution in [1.82, 2.24) is 5.32 Å². The fourth-order valence-corrected chi connectivity index (χ4v) is 6.29. The molecule has 26 heavy (non-hydrogen) atoms. The van der Waals surface area contributed by atoms with Crippen LogP contribution >= 0.6 is 0 Å². The molecule has 0 spiro atoms. The molecule has 0 aromatic carbocycles. The standard InChI is InChI=1S/C18H32N2O5Si/c1-6-26(7-2,15(3)4)25-16(14-18(22)23)10-8-12-19-17(21)11-9-13-20-24-5/h8-9,11-13,15-16H,6-7,10,14H2,1-5H3,(H,19,21)(H,22,23)/b11-9+,12-8+,20-13+/t16-/m0/s1. The number of nitrogens with zero attached hydrogens (tertiary/aromatic N) is 1. The molecule has 0 saturated carbocycles. The monoisotopic (exact) mass is 384 g/mol. The lowest BCUT2D eigenvalue weighted by molar-refractivity contribution is -0.138. The first kappa shape index (κ1) is 24.1. The van der Waals surface area contributed by atoms with Crippen LogP contribution < -0.4 is 5.32 Å². The molecule has 1 atom stereocenters. The Balaban J connectivity index is 4.77. The van der Waals surface area contributed by atoms with Crippen LogP contribution in [0.3, 0.4) is 0 Å². The number of oxime groups is 1. The first-order valence-corrected chi connectivity index (χ1v) is 11.3. The summed E-state index contributed by atoms with van der Waals surface area (Å²) in [5.41, 5.74) is 0.413. The van der Waals surface area contributed by atoms with Crippen molar-refractivity contribution >= 4 is 26.4 Å². The van der Waals surface area contributed by atoms with Crippen LogP contribution in [0.4, 0.5) is 0 Å². The zero-order chi connectivity index (χ0) is 20.0. The predicted octanol–water partition coefficient (Wildman–Crippen LogP) is 3.45. The number of allylic oxidation sites excluding steroid dienone is 1. The Bertz CT molecular complexity index is 514. The van der Waals surface area contributed by atoms with Gasteiger partial charge < -0.3 is 19.7 Å². The second kappa shape index (κ2) is 13.3. The van der Waals surface area contributed by atoms with Crippen LogP contribution in [0, 0.1) is 0 Å². The largest absolute Gasteiger partial charge is 0.481 e. The average molecular weight is 385 g/mol. The van der Waals surface area contributed by atoms with Gasteiger partial charge in [-0.05, 0) is 30.1 Å². The summed E-state index contributed by atoms with van der Waals surface area (Å²) in [6, 6.07) is 1.90. The number of amides is 1. The number of hydrogen-bond acceptors (Lipinski definition) is 5. The van der Waals surface area contributed by atoms with Crippen molar-refractivity contribution in [2.75, 3.05) is 7.11 Å². The molecule has 0 aliphatic heterocycles. The normalized spacial score (nSPS) is 13.8. The Morgan fingerprint density at radius 2 is 1.92 bits per heavy atom. The Morgan fingerprint density at radius 3 is 2.42 bits per heavy atom. The average Bonchev–Trinajstić information content (AvgIpc) is 2.59. The van der Waals surface area contributed by atoms with E-state index in [0.717, 1.165) is 12.1 Å². The van der Waals surface area contributed by atoms with Crippen molar-refractivity contribution in [3.63, 3.8) is 0 Å². The molecule has 0 fully saturated rings. The summed E-state index contributed by atoms with van der Waals surface area (Å²) in [6.07, 6.45) is 7.35. The molecule has 0 aliphatic carbocycles. The van der Waals surface area contributed by atoms with Gasteiger partial charge in [0.05, 0.1) is 18.7 Å². The van der Waals surface area contributed by atoms with Gasteiger partial charge in [0, 0.05) is 12.3 Å². The Hall–Kier alpha value is -1.93. The van der Waals surface area contributed by atoms with Crippen molar-refractivity contribution in [1.29, 1.82) is 0 Å². The highest BCUT2D eigenvalue weighted by atomic mass is 28.4. The smallest absolute Gasteiger partial charge is 0.305 e. The van der Waals surface area contributed by atoms with E-state index in [4.69, 9.17) is 9.53 Å². The summed E-state index contributed by atoms with van der Waals surface area (Å²) < 4.78 is 6.36. The minimum absolute atomic E-state index is 0.0485. The summed E-state index contributed by atoms with van der Waals surface area (Å²) in [5, 5.41) is 15.2. The van der Waals surface area contributed by atoms with Crippen LogP contribution in [-0.2, 0) is 18.9 Å². The van der Waals surface area contributed by atoms with Crippen LogP contribution in [0.5, 0.6) is 0 Å². The van der Waals surface area contributed by atoms with Gasteiger partial charge in [0.15, 0.2) is 8.32 Å². The van der Waals surface area contributed by atoms with Gasteiger partial charge >= 0.3 is 5.97 Å². The quantitative estimate of drug-likeness (QED) is 0.219. The zero-order valence-corrected chi connectivity index (χ0v) is 17.4. The first-order chi connectivity index (χ1) is 12.3. The van der Waals surface area contributed by atoms with E-state index in [-0.39, 0.29) is 18.4 Å². The first-order valence-electron chi connectivity index (χ1n) is 8.89. The molecular formula is C18H32N2O5Si. The number of carboxylic acids is 1. The highest BCUT2D eigenvalue weighted by Crippen LogP contribution is 2.32. The van der Waals surface area contributed by atoms with Crippen LogP contribution in [0.1, 0.15) is 40.5 Å². The second-order valence-corrected chi connectivity index (χ2v) is 11.1. The molecular weight excluding hydrogens is 352 g/mol. The maximum absolute atomic E-state index is 11.6. The van der Waals surface area contributed by atoms with Crippen LogP contribution in [0.2, 0.25) is 17.6 Å². The highest BCUT2D eigenvalue weighted by molar-refractivity contribution is 6.75. The predicted molar refractivity (Wildman–Crippen MR) is 105 cm³/mol. The lowest BCUT2D eigenvalue weighted by atomic mass is 10.2. The van der Waals surface area contributed by atoms with Crippen LogP contribution in [-0.4, -0.2) is 44.7 Å². The van der Waals surface area contributed by atoms with Crippen LogP contribution in [0.25, 0.3) is 0 Å². The van der Waals surface area contributed by atoms with Crippen molar-refractivity contribution in [3.05, 3.63) is 24.4 Å². The van der Waals surface area contributed by atoms with Gasteiger partial charge in [-0.15, -0.1) is 0 Å². The third-order valence-corrected chi connectivity index (χ3v) is 9.60. The fourth-order valence-electron chi connectivity index (χ4n) is 2.70. The van der Waals surface area contributed by atoms with Gasteiger partial charge in [0.2, 0.25) is 5.91 Å². The highest BCUT2D eigenvalue weighted by Gasteiger charge is 2.37. The minimum atomic E-state index is -1.98. The summed E-state index contributed by atoms with van der Waals surface area (Å²) in [6.45, 7) is 8.52. The van der Waals surface area contributed by atoms with E-state index >= 15 is 0 Å². The summed E-state index contributed by atoms with van der Waals surface area (Å²) >= 11 is 0. The summed E-state index contributed by atoms with van der Waals surface area (Å²) in [4.78, 5) is 27.2. The lowest BCUT2D eigenvalue weighted by Crippen LogP contribution is -2.44. The van der Waals surface area contributed by atoms with Crippen molar-refractivity contribution in [2.45, 2.75) is 64.3 Å². The van der Waals surface area contributed by atoms with Crippen LogP contribution in [0.15, 0.2) is 29.6 Å². The number of nitrogens with one attached hydrogen (secondary N) is 1. The Morgan fingerprint density at radius 1 is 1.27 bits per heavy atom. The van der Waals surface area contributed by atoms with Crippen molar-refractivity contribution < 1.29 is 24.0 Å². The Labute approximate surface area is 157 Å². The van der Waals surface area contributed by atoms with Gasteiger partial charge in [0.25, 0.3) is 0 Å². The van der Waals surface area contributed by atoms with E-state index < -0.39 is 14.3 Å². The topological polar surface area (TPSA) is 97.2 Å². The number of carbonyl (C=O) groups is 2. The Kier molecular flexibility index (Phi) is 12.3. The molecule has 0 aliphatic rings. The molecule has 8 heteroatoms. The maximum Gasteiger partial charge on any atom is 0.305 e. The SMILES string of the molecule is CC[Si](CC)(O[C@@H](C/C=C/NC(=O)/C=C/C=N/OC)CC(=O)O)C(C)C. The number of hydrogen-bond donors (Lipinski definition) is 2. The van der Waals surface area contributed by atoms with Gasteiger partial charge in [-0.25, -0.2) is 0 Å². The summed E-state index contributed by atoms with van der Waals surface area (Å²) in [5.74, 6) is -1.20. The molecule has 7 nitrogen and oxygen atoms in total. The minimum Gasteiger partial charge on any atom is -0.481 e. The third kappa shape index (κ3) is 9.52. The van der Waals surface area contributed by atoms with E-state index in [0.29, 0.717) is 12.0 Å². The van der Waals surface area contributed by atoms with Gasteiger partial charge in [0.1, 0.15) is 7.11 Å². The molecule has 0 rings (SSSR count). The molecule has 0 unspecified atom stereocenters. The molecule has 0 radical (unpaired) electrons. The zero-order valence-electron chi connectivity index (χ0n) is 16.4. The molecule has 0 heterocycles. The second-order valence-electron chi connectivity index (χ2n) is 6.21. The molecule has 0 aromatic heterocycles. The molecule has 148 valence electrons. The number of carboxylic acid groups (broad SMARTS) is 1. The molecule has 2 N–H and O–H groups in total. The molecule has 0 bridgehead atoms. The fraction of sp³-hybridized carbons (Fsp3) is 0.611. The van der Waals surface area contributed by atoms with Crippen molar-refractivity contribution in [3.8, 4) is 0 Å². The number of carbonyl (C=O) groups excluding carboxylic acids is 1.